The molecular formula is C13H10N2O2S2. The van der Waals surface area contributed by atoms with Crippen LogP contribution in [0.3, 0.4) is 0 Å². The predicted octanol–water partition coefficient (Wildman–Crippen LogP) is 3.52. The summed E-state index contributed by atoms with van der Waals surface area (Å²) in [7, 11) is 1.81. The number of aromatic nitrogens is 2. The van der Waals surface area contributed by atoms with Crippen LogP contribution in [0.15, 0.2) is 18.2 Å². The quantitative estimate of drug-likeness (QED) is 0.697. The molecule has 0 unspecified atom stereocenters. The van der Waals surface area contributed by atoms with Crippen LogP contribution in [0.2, 0.25) is 0 Å². The lowest BCUT2D eigenvalue weighted by Gasteiger charge is -2.05. The van der Waals surface area contributed by atoms with E-state index in [9.17, 15) is 9.90 Å². The zero-order valence-corrected chi connectivity index (χ0v) is 11.9. The van der Waals surface area contributed by atoms with E-state index in [0.717, 1.165) is 5.56 Å². The minimum Gasteiger partial charge on any atom is -0.478 e. The Morgan fingerprint density at radius 2 is 2.21 bits per heavy atom. The van der Waals surface area contributed by atoms with E-state index in [1.165, 1.54) is 11.3 Å². The van der Waals surface area contributed by atoms with Crippen LogP contribution in [0, 0.1) is 10.9 Å². The van der Waals surface area contributed by atoms with Crippen molar-refractivity contribution in [3.63, 3.8) is 0 Å². The van der Waals surface area contributed by atoms with Gasteiger partial charge in [-0.3, -0.25) is 0 Å². The number of nitrogens with zero attached hydrogens (tertiary/aromatic N) is 2. The van der Waals surface area contributed by atoms with Crippen LogP contribution < -0.4 is 0 Å². The first-order valence-electron chi connectivity index (χ1n) is 5.62. The van der Waals surface area contributed by atoms with Gasteiger partial charge in [0, 0.05) is 12.4 Å². The monoisotopic (exact) mass is 290 g/mol. The molecule has 1 N–H and O–H groups in total. The SMILES string of the molecule is Cc1ccc2nc3c(sc(=S)n3C)c(C(=O)O)c2c1. The average Bonchev–Trinajstić information content (AvgIpc) is 2.62. The molecule has 0 spiro atoms. The van der Waals surface area contributed by atoms with Crippen LogP contribution in [-0.2, 0) is 7.05 Å². The Kier molecular flexibility index (Phi) is 2.65. The maximum atomic E-state index is 11.6. The number of rotatable bonds is 1. The second-order valence-electron chi connectivity index (χ2n) is 4.39. The molecule has 0 aliphatic heterocycles. The molecule has 0 fully saturated rings. The Morgan fingerprint density at radius 3 is 2.89 bits per heavy atom. The molecule has 0 atom stereocenters. The molecule has 19 heavy (non-hydrogen) atoms. The normalized spacial score (nSPS) is 11.3. The fourth-order valence-corrected chi connectivity index (χ4v) is 3.43. The Labute approximate surface area is 117 Å². The lowest BCUT2D eigenvalue weighted by molar-refractivity contribution is 0.0701. The lowest BCUT2D eigenvalue weighted by Crippen LogP contribution is -2.01. The zero-order valence-electron chi connectivity index (χ0n) is 10.3. The Bertz CT molecular complexity index is 893. The first kappa shape index (κ1) is 12.3. The van der Waals surface area contributed by atoms with Crippen molar-refractivity contribution in [3.8, 4) is 0 Å². The van der Waals surface area contributed by atoms with Gasteiger partial charge in [-0.05, 0) is 31.3 Å². The summed E-state index contributed by atoms with van der Waals surface area (Å²) in [4.78, 5) is 16.1. The number of hydrogen-bond acceptors (Lipinski definition) is 4. The number of thiazole rings is 1. The smallest absolute Gasteiger partial charge is 0.337 e. The topological polar surface area (TPSA) is 55.1 Å². The highest BCUT2D eigenvalue weighted by molar-refractivity contribution is 7.73. The summed E-state index contributed by atoms with van der Waals surface area (Å²) in [6, 6.07) is 5.62. The fraction of sp³-hybridized carbons (Fsp3) is 0.154. The van der Waals surface area contributed by atoms with E-state index >= 15 is 0 Å². The second kappa shape index (κ2) is 4.11. The summed E-state index contributed by atoms with van der Waals surface area (Å²) in [5, 5.41) is 10.2. The van der Waals surface area contributed by atoms with Crippen molar-refractivity contribution >= 4 is 50.8 Å². The second-order valence-corrected chi connectivity index (χ2v) is 6.04. The highest BCUT2D eigenvalue weighted by Crippen LogP contribution is 2.31. The molecule has 6 heteroatoms. The number of aromatic carboxylic acids is 1. The minimum atomic E-state index is -0.945. The van der Waals surface area contributed by atoms with Gasteiger partial charge >= 0.3 is 5.97 Å². The van der Waals surface area contributed by atoms with Gasteiger partial charge in [0.15, 0.2) is 9.60 Å². The number of benzene rings is 1. The van der Waals surface area contributed by atoms with Gasteiger partial charge in [0.25, 0.3) is 0 Å². The van der Waals surface area contributed by atoms with Crippen molar-refractivity contribution in [1.82, 2.24) is 9.55 Å². The van der Waals surface area contributed by atoms with Gasteiger partial charge in [0.1, 0.15) is 0 Å². The molecule has 0 bridgehead atoms. The molecule has 4 nitrogen and oxygen atoms in total. The molecule has 0 aliphatic rings. The van der Waals surface area contributed by atoms with Gasteiger partial charge in [-0.25, -0.2) is 9.78 Å². The van der Waals surface area contributed by atoms with Gasteiger partial charge in [0.2, 0.25) is 0 Å². The largest absolute Gasteiger partial charge is 0.478 e. The van der Waals surface area contributed by atoms with Crippen molar-refractivity contribution in [2.75, 3.05) is 0 Å². The van der Waals surface area contributed by atoms with Crippen LogP contribution in [0.25, 0.3) is 21.3 Å². The van der Waals surface area contributed by atoms with E-state index in [-0.39, 0.29) is 0 Å². The highest BCUT2D eigenvalue weighted by Gasteiger charge is 2.18. The highest BCUT2D eigenvalue weighted by atomic mass is 32.1. The van der Waals surface area contributed by atoms with Gasteiger partial charge in [-0.2, -0.15) is 0 Å². The molecular weight excluding hydrogens is 280 g/mol. The van der Waals surface area contributed by atoms with Gasteiger partial charge in [0.05, 0.1) is 15.8 Å². The van der Waals surface area contributed by atoms with Crippen molar-refractivity contribution in [2.24, 2.45) is 7.05 Å². The van der Waals surface area contributed by atoms with Crippen LogP contribution in [0.1, 0.15) is 15.9 Å². The third kappa shape index (κ3) is 1.75. The first-order valence-corrected chi connectivity index (χ1v) is 6.84. The van der Waals surface area contributed by atoms with Crippen LogP contribution in [-0.4, -0.2) is 20.6 Å². The van der Waals surface area contributed by atoms with E-state index in [4.69, 9.17) is 12.2 Å². The lowest BCUT2D eigenvalue weighted by atomic mass is 10.1. The fourth-order valence-electron chi connectivity index (χ4n) is 2.13. The number of aryl methyl sites for hydroxylation is 2. The molecule has 1 aromatic carbocycles. The van der Waals surface area contributed by atoms with Crippen LogP contribution in [0.5, 0.6) is 0 Å². The maximum Gasteiger partial charge on any atom is 0.337 e. The van der Waals surface area contributed by atoms with Crippen LogP contribution >= 0.6 is 23.6 Å². The number of hydrogen-bond donors (Lipinski definition) is 1. The number of carboxylic acids is 1. The van der Waals surface area contributed by atoms with E-state index in [0.29, 0.717) is 30.8 Å². The number of carboxylic acid groups (broad SMARTS) is 1. The minimum absolute atomic E-state index is 0.292. The molecule has 2 aromatic heterocycles. The third-order valence-electron chi connectivity index (χ3n) is 3.07. The molecule has 3 rings (SSSR count). The van der Waals surface area contributed by atoms with Gasteiger partial charge in [-0.1, -0.05) is 11.6 Å². The third-order valence-corrected chi connectivity index (χ3v) is 4.64. The summed E-state index contributed by atoms with van der Waals surface area (Å²) in [6.45, 7) is 1.93. The standard InChI is InChI=1S/C13H10N2O2S2/c1-6-3-4-8-7(5-6)9(12(16)17)10-11(14-8)15(2)13(18)19-10/h3-5H,1-2H3,(H,16,17). The molecule has 96 valence electrons. The number of pyridine rings is 1. The molecule has 0 radical (unpaired) electrons. The molecule has 0 aliphatic carbocycles. The zero-order chi connectivity index (χ0) is 13.7. The predicted molar refractivity (Wildman–Crippen MR) is 78.6 cm³/mol. The molecule has 0 saturated carbocycles. The van der Waals surface area contributed by atoms with Crippen molar-refractivity contribution < 1.29 is 9.90 Å². The van der Waals surface area contributed by atoms with Crippen molar-refractivity contribution in [3.05, 3.63) is 33.3 Å². The first-order chi connectivity index (χ1) is 8.99. The average molecular weight is 290 g/mol. The molecule has 0 amide bonds. The summed E-state index contributed by atoms with van der Waals surface area (Å²) >= 11 is 6.50. The summed E-state index contributed by atoms with van der Waals surface area (Å²) in [5.74, 6) is -0.945. The summed E-state index contributed by atoms with van der Waals surface area (Å²) in [6.07, 6.45) is 0. The van der Waals surface area contributed by atoms with Gasteiger partial charge < -0.3 is 9.67 Å². The number of carbonyl (C=O) groups is 1. The van der Waals surface area contributed by atoms with E-state index in [2.05, 4.69) is 4.98 Å². The van der Waals surface area contributed by atoms with Crippen molar-refractivity contribution in [1.29, 1.82) is 0 Å². The Morgan fingerprint density at radius 1 is 1.47 bits per heavy atom. The Balaban J connectivity index is 2.65. The molecule has 3 aromatic rings. The molecule has 0 saturated heterocycles. The molecule has 2 heterocycles. The number of fused-ring (bicyclic) bond motifs is 2. The van der Waals surface area contributed by atoms with Crippen LogP contribution in [0.4, 0.5) is 0 Å². The van der Waals surface area contributed by atoms with Crippen molar-refractivity contribution in [2.45, 2.75) is 6.92 Å². The summed E-state index contributed by atoms with van der Waals surface area (Å²) < 4.78 is 3.01. The van der Waals surface area contributed by atoms with Gasteiger partial charge in [-0.15, -0.1) is 11.3 Å². The maximum absolute atomic E-state index is 11.6. The Hall–Kier alpha value is -1.79. The van der Waals surface area contributed by atoms with E-state index in [1.807, 2.05) is 25.1 Å². The van der Waals surface area contributed by atoms with E-state index in [1.54, 1.807) is 11.6 Å². The van der Waals surface area contributed by atoms with E-state index < -0.39 is 5.97 Å². The summed E-state index contributed by atoms with van der Waals surface area (Å²) in [5.41, 5.74) is 2.61.